The van der Waals surface area contributed by atoms with Gasteiger partial charge in [-0.3, -0.25) is 4.79 Å². The minimum absolute atomic E-state index is 0.0279. The molecule has 1 aliphatic heterocycles. The summed E-state index contributed by atoms with van der Waals surface area (Å²) in [5.74, 6) is 3.53. The number of benzene rings is 1. The number of carbonyl (C=O) groups is 1. The lowest BCUT2D eigenvalue weighted by Crippen LogP contribution is -2.33. The minimum atomic E-state index is -0.471. The number of allylic oxidation sites excluding steroid dienone is 2. The normalized spacial score (nSPS) is 19.8. The number of ether oxygens (including phenoxy) is 3. The Kier molecular flexibility index (Phi) is 4.88. The van der Waals surface area contributed by atoms with Crippen molar-refractivity contribution in [3.05, 3.63) is 58.9 Å². The second-order valence-corrected chi connectivity index (χ2v) is 7.85. The summed E-state index contributed by atoms with van der Waals surface area (Å²) in [7, 11) is 4.70. The van der Waals surface area contributed by atoms with Gasteiger partial charge in [0.1, 0.15) is 17.6 Å². The summed E-state index contributed by atoms with van der Waals surface area (Å²) < 4.78 is 23.9. The van der Waals surface area contributed by atoms with E-state index in [1.807, 2.05) is 31.2 Å². The predicted octanol–water partition coefficient (Wildman–Crippen LogP) is 3.62. The molecule has 0 saturated heterocycles. The Bertz CT molecular complexity index is 1190. The molecule has 32 heavy (non-hydrogen) atoms. The molecular weight excluding hydrogens is 412 g/mol. The van der Waals surface area contributed by atoms with Crippen molar-refractivity contribution < 1.29 is 23.4 Å². The monoisotopic (exact) mass is 436 g/mol. The van der Waals surface area contributed by atoms with Gasteiger partial charge in [0.15, 0.2) is 17.3 Å². The number of anilines is 1. The lowest BCUT2D eigenvalue weighted by Gasteiger charge is -2.34. The number of Topliss-reactive ketones (excluding diaryl/α,β-unsaturated/α-hetero) is 1. The number of aromatic nitrogens is 3. The highest BCUT2D eigenvalue weighted by Crippen LogP contribution is 2.47. The van der Waals surface area contributed by atoms with Crippen molar-refractivity contribution in [2.45, 2.75) is 31.7 Å². The van der Waals surface area contributed by atoms with Gasteiger partial charge in [-0.25, -0.2) is 4.68 Å². The van der Waals surface area contributed by atoms with E-state index in [1.54, 1.807) is 32.3 Å². The van der Waals surface area contributed by atoms with Gasteiger partial charge in [0.25, 0.3) is 0 Å². The van der Waals surface area contributed by atoms with E-state index in [4.69, 9.17) is 18.6 Å². The molecule has 9 heteroatoms. The molecule has 9 nitrogen and oxygen atoms in total. The summed E-state index contributed by atoms with van der Waals surface area (Å²) in [5.41, 5.74) is 2.30. The molecule has 2 aliphatic rings. The zero-order valence-electron chi connectivity index (χ0n) is 18.3. The van der Waals surface area contributed by atoms with Gasteiger partial charge in [-0.2, -0.15) is 10.1 Å². The van der Waals surface area contributed by atoms with E-state index in [9.17, 15) is 4.79 Å². The second-order valence-electron chi connectivity index (χ2n) is 7.85. The summed E-state index contributed by atoms with van der Waals surface area (Å²) in [6.07, 6.45) is 2.64. The Hall–Kier alpha value is -3.75. The Morgan fingerprint density at radius 2 is 1.88 bits per heavy atom. The van der Waals surface area contributed by atoms with Crippen molar-refractivity contribution in [3.63, 3.8) is 0 Å². The van der Waals surface area contributed by atoms with E-state index < -0.39 is 6.04 Å². The molecule has 0 saturated carbocycles. The first-order chi connectivity index (χ1) is 15.5. The third-order valence-corrected chi connectivity index (χ3v) is 5.97. The molecule has 1 aromatic carbocycles. The van der Waals surface area contributed by atoms with Gasteiger partial charge in [-0.15, -0.1) is 0 Å². The highest BCUT2D eigenvalue weighted by atomic mass is 16.5. The number of ketones is 1. The third kappa shape index (κ3) is 3.12. The maximum Gasteiger partial charge on any atom is 0.226 e. The van der Waals surface area contributed by atoms with Crippen LogP contribution in [0.2, 0.25) is 0 Å². The van der Waals surface area contributed by atoms with Crippen molar-refractivity contribution in [2.24, 2.45) is 0 Å². The van der Waals surface area contributed by atoms with Gasteiger partial charge in [-0.1, -0.05) is 0 Å². The van der Waals surface area contributed by atoms with Crippen LogP contribution in [0.4, 0.5) is 5.95 Å². The van der Waals surface area contributed by atoms with Crippen LogP contribution in [0.1, 0.15) is 41.9 Å². The Morgan fingerprint density at radius 1 is 1.12 bits per heavy atom. The van der Waals surface area contributed by atoms with Crippen LogP contribution in [-0.2, 0) is 4.79 Å². The average molecular weight is 436 g/mol. The summed E-state index contributed by atoms with van der Waals surface area (Å²) in [4.78, 5) is 18.0. The molecule has 0 fully saturated rings. The maximum atomic E-state index is 13.5. The molecule has 0 amide bonds. The van der Waals surface area contributed by atoms with E-state index in [-0.39, 0.29) is 11.7 Å². The second kappa shape index (κ2) is 7.74. The van der Waals surface area contributed by atoms with Crippen LogP contribution in [-0.4, -0.2) is 41.9 Å². The van der Waals surface area contributed by atoms with Crippen molar-refractivity contribution >= 4 is 11.7 Å². The standard InChI is InChI=1S/C23H24N4O5/c1-12-24-23-25-15-8-13(17-6-5-7-32-17)9-16(28)20(15)21(27(23)26-12)14-10-18(29-2)22(31-4)19(11-14)30-3/h5-7,10-11,13,21H,8-9H2,1-4H3,(H,24,25,26)/t13-,21+/m1/s1. The number of aryl methyl sites for hydroxylation is 1. The van der Waals surface area contributed by atoms with Crippen LogP contribution in [0.15, 0.2) is 46.2 Å². The highest BCUT2D eigenvalue weighted by Gasteiger charge is 2.40. The molecule has 1 aliphatic carbocycles. The fourth-order valence-corrected chi connectivity index (χ4v) is 4.61. The van der Waals surface area contributed by atoms with Gasteiger partial charge >= 0.3 is 0 Å². The topological polar surface area (TPSA) is 101 Å². The van der Waals surface area contributed by atoms with Gasteiger partial charge in [0.05, 0.1) is 27.6 Å². The summed E-state index contributed by atoms with van der Waals surface area (Å²) >= 11 is 0. The number of furan rings is 1. The van der Waals surface area contributed by atoms with Gasteiger partial charge in [0.2, 0.25) is 11.7 Å². The number of nitrogens with one attached hydrogen (secondary N) is 1. The first-order valence-corrected chi connectivity index (χ1v) is 10.3. The fourth-order valence-electron chi connectivity index (χ4n) is 4.61. The molecule has 0 unspecified atom stereocenters. The predicted molar refractivity (Wildman–Crippen MR) is 115 cm³/mol. The van der Waals surface area contributed by atoms with Crippen LogP contribution in [0.5, 0.6) is 17.2 Å². The zero-order chi connectivity index (χ0) is 22.4. The highest BCUT2D eigenvalue weighted by molar-refractivity contribution is 6.00. The quantitative estimate of drug-likeness (QED) is 0.647. The minimum Gasteiger partial charge on any atom is -0.493 e. The van der Waals surface area contributed by atoms with Crippen LogP contribution >= 0.6 is 0 Å². The van der Waals surface area contributed by atoms with Crippen molar-refractivity contribution in [1.82, 2.24) is 14.8 Å². The summed E-state index contributed by atoms with van der Waals surface area (Å²) in [5, 5.41) is 7.92. The molecule has 3 heterocycles. The number of carbonyl (C=O) groups excluding carboxylic acids is 1. The summed E-state index contributed by atoms with van der Waals surface area (Å²) in [6.45, 7) is 1.83. The van der Waals surface area contributed by atoms with E-state index in [2.05, 4.69) is 15.4 Å². The molecule has 5 rings (SSSR count). The molecule has 166 valence electrons. The fraction of sp³-hybridized carbons (Fsp3) is 0.348. The molecule has 0 bridgehead atoms. The number of nitrogens with zero attached hydrogens (tertiary/aromatic N) is 3. The molecule has 0 radical (unpaired) electrons. The Morgan fingerprint density at radius 3 is 2.50 bits per heavy atom. The number of methoxy groups -OCH3 is 3. The number of hydrogen-bond donors (Lipinski definition) is 1. The number of rotatable bonds is 5. The average Bonchev–Trinajstić information content (AvgIpc) is 3.45. The maximum absolute atomic E-state index is 13.5. The Labute approximate surface area is 185 Å². The van der Waals surface area contributed by atoms with E-state index in [0.29, 0.717) is 47.4 Å². The molecular formula is C23H24N4O5. The largest absolute Gasteiger partial charge is 0.493 e. The van der Waals surface area contributed by atoms with Crippen LogP contribution in [0.25, 0.3) is 0 Å². The van der Waals surface area contributed by atoms with Gasteiger partial charge in [0, 0.05) is 23.6 Å². The number of fused-ring (bicyclic) bond motifs is 1. The van der Waals surface area contributed by atoms with E-state index in [0.717, 1.165) is 17.0 Å². The molecule has 1 N–H and O–H groups in total. The third-order valence-electron chi connectivity index (χ3n) is 5.97. The van der Waals surface area contributed by atoms with Crippen molar-refractivity contribution in [3.8, 4) is 17.2 Å². The van der Waals surface area contributed by atoms with Gasteiger partial charge in [-0.05, 0) is 43.2 Å². The molecule has 2 aromatic heterocycles. The van der Waals surface area contributed by atoms with Crippen LogP contribution < -0.4 is 19.5 Å². The summed E-state index contributed by atoms with van der Waals surface area (Å²) in [6, 6.07) is 7.00. The van der Waals surface area contributed by atoms with Gasteiger partial charge < -0.3 is 23.9 Å². The SMILES string of the molecule is COc1cc([C@H]2C3=C(C[C@@H](c4ccco4)CC3=O)Nc3nc(C)nn32)cc(OC)c1OC. The Balaban J connectivity index is 1.67. The smallest absolute Gasteiger partial charge is 0.226 e. The number of hydrogen-bond acceptors (Lipinski definition) is 8. The van der Waals surface area contributed by atoms with E-state index >= 15 is 0 Å². The lowest BCUT2D eigenvalue weighted by molar-refractivity contribution is -0.117. The molecule has 0 spiro atoms. The van der Waals surface area contributed by atoms with Crippen molar-refractivity contribution in [2.75, 3.05) is 26.6 Å². The molecule has 3 aromatic rings. The zero-order valence-corrected chi connectivity index (χ0v) is 18.3. The first-order valence-electron chi connectivity index (χ1n) is 10.3. The van der Waals surface area contributed by atoms with Crippen LogP contribution in [0.3, 0.4) is 0 Å². The first kappa shape index (κ1) is 20.2. The van der Waals surface area contributed by atoms with E-state index in [1.165, 1.54) is 0 Å². The molecule has 2 atom stereocenters. The van der Waals surface area contributed by atoms with Crippen molar-refractivity contribution in [1.29, 1.82) is 0 Å². The van der Waals surface area contributed by atoms with Crippen LogP contribution in [0, 0.1) is 6.92 Å². The lowest BCUT2D eigenvalue weighted by atomic mass is 9.79.